The van der Waals surface area contributed by atoms with Gasteiger partial charge in [-0.2, -0.15) is 0 Å². The van der Waals surface area contributed by atoms with Crippen molar-refractivity contribution in [2.45, 2.75) is 68.7 Å². The van der Waals surface area contributed by atoms with E-state index in [0.717, 1.165) is 23.2 Å². The molecule has 2 aliphatic carbocycles. The number of likely N-dealkylation sites (tertiary alicyclic amines) is 1. The highest BCUT2D eigenvalue weighted by molar-refractivity contribution is 5.92. The molecule has 1 saturated carbocycles. The molecule has 3 heterocycles. The number of likely N-dealkylation sites (N-methyl/N-ethyl adjacent to an activating group) is 1. The normalized spacial score (nSPS) is 29.8. The maximum absolute atomic E-state index is 13.4. The number of furan rings is 1. The Hall–Kier alpha value is -3.85. The van der Waals surface area contributed by atoms with E-state index in [1.165, 1.54) is 19.9 Å². The molecular formula is C31H34N2O7. The fourth-order valence-corrected chi connectivity index (χ4v) is 7.86. The van der Waals surface area contributed by atoms with Crippen molar-refractivity contribution in [1.29, 1.82) is 0 Å². The van der Waals surface area contributed by atoms with Gasteiger partial charge in [0.1, 0.15) is 11.7 Å². The minimum absolute atomic E-state index is 0.0878. The Morgan fingerprint density at radius 3 is 2.73 bits per heavy atom. The van der Waals surface area contributed by atoms with Gasteiger partial charge >= 0.3 is 11.9 Å². The SMILES string of the molecule is C=CCN1CC[C@]23c4c5ccc(OC(C)=O)c4OC2C(N(C)C(=O)/C=C/c2ccoc2)CC[C@@]3(OC(C)=O)[C@H]1C5. The largest absolute Gasteiger partial charge is 0.483 e. The fourth-order valence-electron chi connectivity index (χ4n) is 7.86. The van der Waals surface area contributed by atoms with E-state index in [1.54, 1.807) is 42.7 Å². The number of amides is 1. The predicted molar refractivity (Wildman–Crippen MR) is 146 cm³/mol. The molecule has 9 nitrogen and oxygen atoms in total. The highest BCUT2D eigenvalue weighted by atomic mass is 16.6. The van der Waals surface area contributed by atoms with Crippen LogP contribution in [0.25, 0.3) is 6.08 Å². The molecule has 1 saturated heterocycles. The van der Waals surface area contributed by atoms with Crippen molar-refractivity contribution < 1.29 is 33.0 Å². The maximum atomic E-state index is 13.4. The summed E-state index contributed by atoms with van der Waals surface area (Å²) in [5.41, 5.74) is 1.25. The van der Waals surface area contributed by atoms with Gasteiger partial charge in [-0.3, -0.25) is 19.3 Å². The van der Waals surface area contributed by atoms with Crippen LogP contribution in [0.4, 0.5) is 0 Å². The number of piperidine rings is 1. The van der Waals surface area contributed by atoms with Gasteiger partial charge in [0.25, 0.3) is 0 Å². The Bertz CT molecular complexity index is 1400. The summed E-state index contributed by atoms with van der Waals surface area (Å²) >= 11 is 0. The van der Waals surface area contributed by atoms with Gasteiger partial charge in [-0.05, 0) is 49.5 Å². The Morgan fingerprint density at radius 2 is 2.02 bits per heavy atom. The summed E-state index contributed by atoms with van der Waals surface area (Å²) in [4.78, 5) is 42.3. The molecule has 1 spiro atoms. The molecule has 210 valence electrons. The topological polar surface area (TPSA) is 98.5 Å². The van der Waals surface area contributed by atoms with E-state index in [0.29, 0.717) is 43.7 Å². The number of carbonyl (C=O) groups is 3. The number of ether oxygens (including phenoxy) is 3. The first-order chi connectivity index (χ1) is 19.2. The van der Waals surface area contributed by atoms with Gasteiger partial charge in [0.05, 0.1) is 30.0 Å². The molecule has 1 amide bonds. The number of rotatable bonds is 7. The van der Waals surface area contributed by atoms with Crippen LogP contribution in [-0.4, -0.2) is 71.6 Å². The van der Waals surface area contributed by atoms with Crippen molar-refractivity contribution in [3.63, 3.8) is 0 Å². The van der Waals surface area contributed by atoms with E-state index in [4.69, 9.17) is 18.6 Å². The maximum Gasteiger partial charge on any atom is 0.308 e. The zero-order chi connectivity index (χ0) is 28.2. The number of esters is 2. The van der Waals surface area contributed by atoms with Crippen LogP contribution in [0, 0.1) is 0 Å². The smallest absolute Gasteiger partial charge is 0.308 e. The van der Waals surface area contributed by atoms with Gasteiger partial charge in [0.2, 0.25) is 5.91 Å². The molecule has 40 heavy (non-hydrogen) atoms. The van der Waals surface area contributed by atoms with Gasteiger partial charge < -0.3 is 23.5 Å². The van der Waals surface area contributed by atoms with Crippen LogP contribution in [0.3, 0.4) is 0 Å². The minimum atomic E-state index is -0.870. The lowest BCUT2D eigenvalue weighted by Crippen LogP contribution is -2.79. The standard InChI is InChI=1S/C31H34N2O7/c1-5-14-33-15-13-30-27-22-7-8-24(38-19(2)34)28(27)39-29(30)23(10-12-31(30,25(33)17-22)40-20(3)35)32(4)26(36)9-6-21-11-16-37-18-21/h5-9,11,16,18,23,25,29H,1,10,12-15,17H2,2-4H3/b9-6+/t23?,25-,29?,30+,31-/m1/s1. The lowest BCUT2D eigenvalue weighted by molar-refractivity contribution is -0.222. The Morgan fingerprint density at radius 1 is 1.20 bits per heavy atom. The molecule has 0 radical (unpaired) electrons. The molecule has 5 atom stereocenters. The number of hydrogen-bond donors (Lipinski definition) is 0. The lowest BCUT2D eigenvalue weighted by Gasteiger charge is -2.65. The number of hydrogen-bond acceptors (Lipinski definition) is 8. The number of carbonyl (C=O) groups excluding carboxylic acids is 3. The van der Waals surface area contributed by atoms with E-state index >= 15 is 0 Å². The zero-order valence-corrected chi connectivity index (χ0v) is 23.1. The van der Waals surface area contributed by atoms with Crippen molar-refractivity contribution in [3.05, 3.63) is 66.1 Å². The molecular weight excluding hydrogens is 512 g/mol. The fraction of sp³-hybridized carbons (Fsp3) is 0.452. The molecule has 2 bridgehead atoms. The molecule has 6 rings (SSSR count). The van der Waals surface area contributed by atoms with Crippen LogP contribution in [0.5, 0.6) is 11.5 Å². The van der Waals surface area contributed by atoms with Crippen LogP contribution in [0.1, 0.15) is 49.8 Å². The van der Waals surface area contributed by atoms with E-state index in [-0.39, 0.29) is 24.0 Å². The highest BCUT2D eigenvalue weighted by Gasteiger charge is 2.75. The average molecular weight is 547 g/mol. The van der Waals surface area contributed by atoms with Gasteiger partial charge in [-0.15, -0.1) is 6.58 Å². The summed E-state index contributed by atoms with van der Waals surface area (Å²) in [5.74, 6) is -0.0828. The van der Waals surface area contributed by atoms with E-state index in [2.05, 4.69) is 11.5 Å². The summed E-state index contributed by atoms with van der Waals surface area (Å²) in [5, 5.41) is 0. The van der Waals surface area contributed by atoms with E-state index < -0.39 is 23.1 Å². The zero-order valence-electron chi connectivity index (χ0n) is 23.1. The van der Waals surface area contributed by atoms with E-state index in [9.17, 15) is 14.4 Å². The van der Waals surface area contributed by atoms with Gasteiger partial charge in [0, 0.05) is 51.2 Å². The summed E-state index contributed by atoms with van der Waals surface area (Å²) in [7, 11) is 1.79. The molecule has 4 aliphatic rings. The first-order valence-corrected chi connectivity index (χ1v) is 13.7. The van der Waals surface area contributed by atoms with Crippen LogP contribution >= 0.6 is 0 Å². The quantitative estimate of drug-likeness (QED) is 0.225. The van der Waals surface area contributed by atoms with E-state index in [1.807, 2.05) is 12.1 Å². The Labute approximate surface area is 233 Å². The van der Waals surface area contributed by atoms with Crippen LogP contribution in [0.2, 0.25) is 0 Å². The average Bonchev–Trinajstić information content (AvgIpc) is 3.55. The summed E-state index contributed by atoms with van der Waals surface area (Å²) < 4.78 is 24.0. The van der Waals surface area contributed by atoms with Crippen molar-refractivity contribution in [3.8, 4) is 11.5 Å². The van der Waals surface area contributed by atoms with Crippen molar-refractivity contribution >= 4 is 23.9 Å². The second-order valence-corrected chi connectivity index (χ2v) is 11.2. The van der Waals surface area contributed by atoms with Crippen LogP contribution in [0.15, 0.2) is 53.9 Å². The summed E-state index contributed by atoms with van der Waals surface area (Å²) in [6.45, 7) is 8.21. The number of nitrogens with zero attached hydrogens (tertiary/aromatic N) is 2. The lowest BCUT2D eigenvalue weighted by atomic mass is 9.48. The summed E-state index contributed by atoms with van der Waals surface area (Å²) in [6.07, 6.45) is 10.2. The molecule has 2 aliphatic heterocycles. The monoisotopic (exact) mass is 546 g/mol. The molecule has 9 heteroatoms. The Balaban J connectivity index is 1.49. The highest BCUT2D eigenvalue weighted by Crippen LogP contribution is 2.67. The molecule has 2 aromatic rings. The van der Waals surface area contributed by atoms with Crippen LogP contribution in [-0.2, 0) is 31.0 Å². The third-order valence-electron chi connectivity index (χ3n) is 9.24. The second-order valence-electron chi connectivity index (χ2n) is 11.2. The van der Waals surface area contributed by atoms with Gasteiger partial charge in [-0.25, -0.2) is 0 Å². The summed E-state index contributed by atoms with van der Waals surface area (Å²) in [6, 6.07) is 5.17. The third-order valence-corrected chi connectivity index (χ3v) is 9.24. The molecule has 0 N–H and O–H groups in total. The van der Waals surface area contributed by atoms with Crippen molar-refractivity contribution in [2.75, 3.05) is 20.1 Å². The molecule has 1 aromatic carbocycles. The Kier molecular flexibility index (Phi) is 6.37. The third kappa shape index (κ3) is 3.74. The predicted octanol–water partition coefficient (Wildman–Crippen LogP) is 3.66. The molecule has 2 fully saturated rings. The van der Waals surface area contributed by atoms with Crippen molar-refractivity contribution in [2.24, 2.45) is 0 Å². The molecule has 1 aromatic heterocycles. The molecule has 2 unspecified atom stereocenters. The minimum Gasteiger partial charge on any atom is -0.483 e. The van der Waals surface area contributed by atoms with Gasteiger partial charge in [-0.1, -0.05) is 12.1 Å². The first-order valence-electron chi connectivity index (χ1n) is 13.7. The second kappa shape index (κ2) is 9.66. The number of benzene rings is 1. The van der Waals surface area contributed by atoms with Gasteiger partial charge in [0.15, 0.2) is 11.5 Å². The first kappa shape index (κ1) is 26.4. The van der Waals surface area contributed by atoms with Crippen LogP contribution < -0.4 is 9.47 Å². The van der Waals surface area contributed by atoms with Crippen molar-refractivity contribution in [1.82, 2.24) is 9.80 Å².